The Kier molecular flexibility index (Phi) is 4.57. The van der Waals surface area contributed by atoms with E-state index in [-0.39, 0.29) is 11.9 Å². The van der Waals surface area contributed by atoms with E-state index in [2.05, 4.69) is 9.73 Å². The lowest BCUT2D eigenvalue weighted by atomic mass is 10.0. The Hall–Kier alpha value is -2.37. The van der Waals surface area contributed by atoms with Gasteiger partial charge in [0.25, 0.3) is 0 Å². The second-order valence-corrected chi connectivity index (χ2v) is 4.73. The average molecular weight is 290 g/mol. The van der Waals surface area contributed by atoms with Crippen LogP contribution >= 0.6 is 0 Å². The van der Waals surface area contributed by atoms with Crippen molar-refractivity contribution in [1.82, 2.24) is 0 Å². The molecule has 21 heavy (non-hydrogen) atoms. The molecule has 1 aromatic rings. The van der Waals surface area contributed by atoms with Crippen LogP contribution in [-0.4, -0.2) is 44.4 Å². The molecule has 0 aromatic heterocycles. The number of aliphatic imine (C=N–C) groups is 1. The lowest BCUT2D eigenvalue weighted by Gasteiger charge is -2.38. The summed E-state index contributed by atoms with van der Waals surface area (Å²) in [4.78, 5) is 28.8. The zero-order valence-corrected chi connectivity index (χ0v) is 12.3. The van der Waals surface area contributed by atoms with Gasteiger partial charge in [-0.1, -0.05) is 0 Å². The van der Waals surface area contributed by atoms with Crippen molar-refractivity contribution in [3.63, 3.8) is 0 Å². The monoisotopic (exact) mass is 290 g/mol. The second-order valence-electron chi connectivity index (χ2n) is 4.73. The van der Waals surface area contributed by atoms with E-state index in [0.29, 0.717) is 6.42 Å². The van der Waals surface area contributed by atoms with E-state index >= 15 is 0 Å². The number of methoxy groups -OCH3 is 2. The highest BCUT2D eigenvalue weighted by Gasteiger charge is 2.36. The van der Waals surface area contributed by atoms with Crippen LogP contribution < -0.4 is 9.64 Å². The van der Waals surface area contributed by atoms with Gasteiger partial charge in [-0.05, 0) is 31.2 Å². The van der Waals surface area contributed by atoms with E-state index in [1.54, 1.807) is 37.3 Å². The van der Waals surface area contributed by atoms with E-state index in [9.17, 15) is 9.59 Å². The molecule has 2 atom stereocenters. The van der Waals surface area contributed by atoms with Crippen LogP contribution in [0.5, 0.6) is 5.75 Å². The van der Waals surface area contributed by atoms with Gasteiger partial charge in [-0.2, -0.15) is 0 Å². The number of amides is 1. The quantitative estimate of drug-likeness (QED) is 0.467. The summed E-state index contributed by atoms with van der Waals surface area (Å²) in [5.74, 6) is 0.367. The van der Waals surface area contributed by atoms with Crippen LogP contribution in [0.1, 0.15) is 13.3 Å². The van der Waals surface area contributed by atoms with Gasteiger partial charge in [-0.15, -0.1) is 0 Å². The van der Waals surface area contributed by atoms with E-state index in [4.69, 9.17) is 4.74 Å². The van der Waals surface area contributed by atoms with Crippen molar-refractivity contribution in [2.24, 2.45) is 4.99 Å². The minimum absolute atomic E-state index is 0.0299. The first-order valence-electron chi connectivity index (χ1n) is 6.64. The highest BCUT2D eigenvalue weighted by atomic mass is 16.5. The van der Waals surface area contributed by atoms with Crippen molar-refractivity contribution >= 4 is 23.8 Å². The number of β-lactam (4-membered cyclic amide) rings is 1. The molecule has 0 spiro atoms. The van der Waals surface area contributed by atoms with Crippen molar-refractivity contribution < 1.29 is 19.1 Å². The SMILES string of the molecule is COC(=O)C(C)N=C[C@H]1CC(=O)N1c1ccc(OC)cc1. The van der Waals surface area contributed by atoms with Crippen LogP contribution in [0.4, 0.5) is 5.69 Å². The highest BCUT2D eigenvalue weighted by molar-refractivity contribution is 6.07. The Morgan fingerprint density at radius 3 is 2.57 bits per heavy atom. The molecule has 1 amide bonds. The molecule has 6 heteroatoms. The molecule has 112 valence electrons. The predicted octanol–water partition coefficient (Wildman–Crippen LogP) is 1.43. The third-order valence-corrected chi connectivity index (χ3v) is 3.36. The van der Waals surface area contributed by atoms with Gasteiger partial charge < -0.3 is 14.4 Å². The molecule has 0 aliphatic carbocycles. The number of nitrogens with zero attached hydrogens (tertiary/aromatic N) is 2. The summed E-state index contributed by atoms with van der Waals surface area (Å²) in [6, 6.07) is 6.54. The van der Waals surface area contributed by atoms with Gasteiger partial charge in [0.05, 0.1) is 26.7 Å². The van der Waals surface area contributed by atoms with Crippen molar-refractivity contribution in [3.05, 3.63) is 24.3 Å². The van der Waals surface area contributed by atoms with Crippen LogP contribution in [0.3, 0.4) is 0 Å². The summed E-state index contributed by atoms with van der Waals surface area (Å²) in [7, 11) is 2.92. The lowest BCUT2D eigenvalue weighted by Crippen LogP contribution is -2.54. The average Bonchev–Trinajstić information content (AvgIpc) is 2.50. The molecule has 1 heterocycles. The molecule has 1 fully saturated rings. The Bertz CT molecular complexity index is 553. The first kappa shape index (κ1) is 15.0. The first-order chi connectivity index (χ1) is 10.1. The Morgan fingerprint density at radius 2 is 2.05 bits per heavy atom. The zero-order chi connectivity index (χ0) is 15.4. The molecule has 0 bridgehead atoms. The number of carbonyl (C=O) groups is 2. The van der Waals surface area contributed by atoms with Gasteiger partial charge in [-0.25, -0.2) is 4.79 Å². The largest absolute Gasteiger partial charge is 0.497 e. The van der Waals surface area contributed by atoms with Crippen molar-refractivity contribution in [3.8, 4) is 5.75 Å². The topological polar surface area (TPSA) is 68.2 Å². The second kappa shape index (κ2) is 6.39. The van der Waals surface area contributed by atoms with Gasteiger partial charge in [0.2, 0.25) is 5.91 Å². The van der Waals surface area contributed by atoms with Gasteiger partial charge in [-0.3, -0.25) is 9.79 Å². The maximum absolute atomic E-state index is 11.8. The van der Waals surface area contributed by atoms with Crippen LogP contribution in [0.2, 0.25) is 0 Å². The smallest absolute Gasteiger partial charge is 0.330 e. The first-order valence-corrected chi connectivity index (χ1v) is 6.64. The van der Waals surface area contributed by atoms with E-state index in [1.807, 2.05) is 12.1 Å². The summed E-state index contributed by atoms with van der Waals surface area (Å²) in [5, 5.41) is 0. The summed E-state index contributed by atoms with van der Waals surface area (Å²) >= 11 is 0. The summed E-state index contributed by atoms with van der Waals surface area (Å²) < 4.78 is 9.70. The van der Waals surface area contributed by atoms with Crippen molar-refractivity contribution in [2.75, 3.05) is 19.1 Å². The number of rotatable bonds is 5. The third-order valence-electron chi connectivity index (χ3n) is 3.36. The molecule has 0 saturated carbocycles. The van der Waals surface area contributed by atoms with Crippen LogP contribution in [0.15, 0.2) is 29.3 Å². The van der Waals surface area contributed by atoms with Gasteiger partial charge in [0, 0.05) is 11.9 Å². The number of ether oxygens (including phenoxy) is 2. The molecule has 2 rings (SSSR count). The summed E-state index contributed by atoms with van der Waals surface area (Å²) in [6.07, 6.45) is 2.02. The van der Waals surface area contributed by atoms with E-state index in [0.717, 1.165) is 11.4 Å². The summed E-state index contributed by atoms with van der Waals surface area (Å²) in [6.45, 7) is 1.65. The van der Waals surface area contributed by atoms with Gasteiger partial charge in [0.1, 0.15) is 11.8 Å². The van der Waals surface area contributed by atoms with E-state index < -0.39 is 12.0 Å². The molecular formula is C15H18N2O4. The molecule has 1 aliphatic heterocycles. The minimum atomic E-state index is -0.566. The molecule has 0 N–H and O–H groups in total. The van der Waals surface area contributed by atoms with Gasteiger partial charge >= 0.3 is 5.97 Å². The Balaban J connectivity index is 2.06. The molecule has 1 aliphatic rings. The lowest BCUT2D eigenvalue weighted by molar-refractivity contribution is -0.141. The van der Waals surface area contributed by atoms with E-state index in [1.165, 1.54) is 7.11 Å². The van der Waals surface area contributed by atoms with Crippen molar-refractivity contribution in [1.29, 1.82) is 0 Å². The zero-order valence-electron chi connectivity index (χ0n) is 12.3. The number of esters is 1. The van der Waals surface area contributed by atoms with Gasteiger partial charge in [0.15, 0.2) is 0 Å². The number of hydrogen-bond donors (Lipinski definition) is 0. The minimum Gasteiger partial charge on any atom is -0.497 e. The van der Waals surface area contributed by atoms with Crippen LogP contribution in [-0.2, 0) is 14.3 Å². The molecule has 1 saturated heterocycles. The fourth-order valence-electron chi connectivity index (χ4n) is 2.10. The normalized spacial score (nSPS) is 19.3. The standard InChI is InChI=1S/C15H18N2O4/c1-10(15(19)21-3)16-9-12-8-14(18)17(12)11-4-6-13(20-2)7-5-11/h4-7,9-10,12H,8H2,1-3H3/t10?,12-/m1/s1. The Morgan fingerprint density at radius 1 is 1.38 bits per heavy atom. The van der Waals surface area contributed by atoms with Crippen molar-refractivity contribution in [2.45, 2.75) is 25.4 Å². The fraction of sp³-hybridized carbons (Fsp3) is 0.400. The number of carbonyl (C=O) groups excluding carboxylic acids is 2. The highest BCUT2D eigenvalue weighted by Crippen LogP contribution is 2.28. The number of anilines is 1. The predicted molar refractivity (Wildman–Crippen MR) is 78.9 cm³/mol. The summed E-state index contributed by atoms with van der Waals surface area (Å²) in [5.41, 5.74) is 0.786. The Labute approximate surface area is 123 Å². The third kappa shape index (κ3) is 3.21. The molecule has 1 aromatic carbocycles. The maximum Gasteiger partial charge on any atom is 0.330 e. The molecular weight excluding hydrogens is 272 g/mol. The van der Waals surface area contributed by atoms with Crippen LogP contribution in [0, 0.1) is 0 Å². The molecule has 6 nitrogen and oxygen atoms in total. The van der Waals surface area contributed by atoms with Crippen LogP contribution in [0.25, 0.3) is 0 Å². The molecule has 1 unspecified atom stereocenters. The number of hydrogen-bond acceptors (Lipinski definition) is 5. The molecule has 0 radical (unpaired) electrons. The number of benzene rings is 1. The maximum atomic E-state index is 11.8. The fourth-order valence-corrected chi connectivity index (χ4v) is 2.10.